The Bertz CT molecular complexity index is 8060. The van der Waals surface area contributed by atoms with Crippen LogP contribution < -0.4 is 0 Å². The molecule has 0 N–H and O–H groups in total. The smallest absolute Gasteiger partial charge is 0.235 e. The van der Waals surface area contributed by atoms with E-state index >= 15 is 0 Å². The van der Waals surface area contributed by atoms with Crippen molar-refractivity contribution in [3.05, 3.63) is 413 Å². The summed E-state index contributed by atoms with van der Waals surface area (Å²) in [5.74, 6) is 1.31. The Morgan fingerprint density at radius 1 is 0.155 bits per heavy atom. The fourth-order valence-corrected chi connectivity index (χ4v) is 18.1. The van der Waals surface area contributed by atoms with Crippen molar-refractivity contribution in [2.45, 2.75) is 0 Å². The van der Waals surface area contributed by atoms with Gasteiger partial charge in [-0.05, 0) is 181 Å². The van der Waals surface area contributed by atoms with Crippen molar-refractivity contribution in [3.63, 3.8) is 0 Å². The Hall–Kier alpha value is -15.6. The molecule has 0 amide bonds. The molecule has 0 saturated carbocycles. The maximum Gasteiger partial charge on any atom is 0.235 e. The summed E-state index contributed by atoms with van der Waals surface area (Å²) in [6.07, 6.45) is 0. The zero-order valence-corrected chi connectivity index (χ0v) is 62.8. The SMILES string of the molecule is c1ccc(-c2ccc(-c3nc(-n4c5ccccc5c5c6ccc(-c7ccc8c(c7)c7ccccc7n8-c7ccccc7)cc6ccc54)nc4ccccc34)cc2)cc1.c1ccc(-c2cccc(-c3nc(-n4c5ccccc5c5c6ccc(-c7ccc8c(c7)c7ccccc7n8-c7ccccc7)cc6ccc54)nc4ccccc34)c2)cc1. The van der Waals surface area contributed by atoms with E-state index in [0.717, 1.165) is 83.3 Å². The number of hydrogen-bond acceptors (Lipinski definition) is 4. The molecule has 6 aromatic heterocycles. The minimum Gasteiger partial charge on any atom is -0.309 e. The molecule has 0 fully saturated rings. The van der Waals surface area contributed by atoms with Gasteiger partial charge in [-0.3, -0.25) is 9.13 Å². The molecule has 0 unspecified atom stereocenters. The van der Waals surface area contributed by atoms with E-state index in [-0.39, 0.29) is 0 Å². The molecular formula is C108H68N8. The fourth-order valence-electron chi connectivity index (χ4n) is 18.1. The first-order valence-corrected chi connectivity index (χ1v) is 39.5. The van der Waals surface area contributed by atoms with Crippen LogP contribution in [0.5, 0.6) is 0 Å². The lowest BCUT2D eigenvalue weighted by molar-refractivity contribution is 1.01. The zero-order valence-electron chi connectivity index (χ0n) is 62.8. The Labute approximate surface area is 667 Å². The van der Waals surface area contributed by atoms with Crippen LogP contribution in [0.25, 0.3) is 221 Å². The molecule has 8 nitrogen and oxygen atoms in total. The van der Waals surface area contributed by atoms with Gasteiger partial charge in [-0.15, -0.1) is 0 Å². The first-order valence-electron chi connectivity index (χ1n) is 39.5. The van der Waals surface area contributed by atoms with Gasteiger partial charge >= 0.3 is 0 Å². The summed E-state index contributed by atoms with van der Waals surface area (Å²) in [7, 11) is 0. The number of fused-ring (bicyclic) bond motifs is 18. The van der Waals surface area contributed by atoms with Gasteiger partial charge in [0.2, 0.25) is 11.9 Å². The van der Waals surface area contributed by atoms with E-state index in [9.17, 15) is 0 Å². The highest BCUT2D eigenvalue weighted by molar-refractivity contribution is 6.24. The molecular weight excluding hydrogens is 1410 g/mol. The summed E-state index contributed by atoms with van der Waals surface area (Å²) in [6.45, 7) is 0. The minimum absolute atomic E-state index is 0.656. The van der Waals surface area contributed by atoms with E-state index in [4.69, 9.17) is 19.9 Å². The number of rotatable bonds is 10. The van der Waals surface area contributed by atoms with Crippen molar-refractivity contribution in [1.82, 2.24) is 38.2 Å². The standard InChI is InChI=1S/2C54H34N4/c1-3-14-35(15-4-1)36-16-13-17-40(33-36)53-44-21-7-10-23-47(44)55-54(56-53)58-49-25-12-9-22-45(49)52-42-29-26-37(32-39(42)28-31-51(52)58)38-27-30-50-46(34-38)43-20-8-11-24-48(43)57(50)41-18-5-2-6-19-41;1-3-13-35(14-4-1)36-23-25-37(26-24-36)53-44-18-7-10-20-47(44)55-54(56-53)58-49-22-12-9-19-45(49)52-42-30-27-38(33-40(42)29-32-51(52)58)39-28-31-50-46(34-39)43-17-8-11-21-48(43)57(50)41-15-5-2-6-16-41/h2*1-34H. The predicted octanol–water partition coefficient (Wildman–Crippen LogP) is 28.0. The monoisotopic (exact) mass is 1480 g/mol. The normalized spacial score (nSPS) is 11.8. The summed E-state index contributed by atoms with van der Waals surface area (Å²) in [5, 5.41) is 16.6. The largest absolute Gasteiger partial charge is 0.309 e. The van der Waals surface area contributed by atoms with Crippen molar-refractivity contribution in [3.8, 4) is 90.3 Å². The molecule has 116 heavy (non-hydrogen) atoms. The van der Waals surface area contributed by atoms with Gasteiger partial charge in [0.15, 0.2) is 0 Å². The lowest BCUT2D eigenvalue weighted by Crippen LogP contribution is -2.03. The minimum atomic E-state index is 0.656. The van der Waals surface area contributed by atoms with Gasteiger partial charge in [-0.25, -0.2) is 19.9 Å². The zero-order chi connectivity index (χ0) is 76.3. The highest BCUT2D eigenvalue weighted by atomic mass is 15.2. The van der Waals surface area contributed by atoms with Crippen LogP contribution in [-0.2, 0) is 0 Å². The molecule has 0 radical (unpaired) electrons. The maximum atomic E-state index is 5.40. The lowest BCUT2D eigenvalue weighted by Gasteiger charge is -2.13. The van der Waals surface area contributed by atoms with E-state index in [2.05, 4.69) is 431 Å². The molecule has 8 heteroatoms. The van der Waals surface area contributed by atoms with Crippen LogP contribution in [0.4, 0.5) is 0 Å². The van der Waals surface area contributed by atoms with Crippen molar-refractivity contribution < 1.29 is 0 Å². The second-order valence-electron chi connectivity index (χ2n) is 30.0. The fraction of sp³-hybridized carbons (Fsp3) is 0. The average Bonchev–Trinajstić information content (AvgIpc) is 1.57. The summed E-state index contributed by atoms with van der Waals surface area (Å²) < 4.78 is 9.21. The Kier molecular flexibility index (Phi) is 15.5. The van der Waals surface area contributed by atoms with E-state index in [1.807, 2.05) is 0 Å². The molecule has 0 saturated heterocycles. The summed E-state index contributed by atoms with van der Waals surface area (Å²) >= 11 is 0. The molecule has 0 aliphatic carbocycles. The molecule has 18 aromatic carbocycles. The second kappa shape index (κ2) is 27.1. The van der Waals surface area contributed by atoms with Gasteiger partial charge in [0.1, 0.15) is 0 Å². The predicted molar refractivity (Wildman–Crippen MR) is 484 cm³/mol. The quantitative estimate of drug-likeness (QED) is 0.137. The molecule has 0 aliphatic rings. The highest BCUT2D eigenvalue weighted by Crippen LogP contribution is 2.45. The van der Waals surface area contributed by atoms with E-state index in [0.29, 0.717) is 11.9 Å². The van der Waals surface area contributed by atoms with Crippen LogP contribution in [0.15, 0.2) is 413 Å². The highest BCUT2D eigenvalue weighted by Gasteiger charge is 2.24. The van der Waals surface area contributed by atoms with Gasteiger partial charge in [0.05, 0.1) is 66.6 Å². The first kappa shape index (κ1) is 66.2. The van der Waals surface area contributed by atoms with Gasteiger partial charge in [-0.1, -0.05) is 297 Å². The summed E-state index contributed by atoms with van der Waals surface area (Å²) in [4.78, 5) is 21.2. The second-order valence-corrected chi connectivity index (χ2v) is 30.0. The molecule has 24 rings (SSSR count). The van der Waals surface area contributed by atoms with Gasteiger partial charge < -0.3 is 9.13 Å². The van der Waals surface area contributed by atoms with Crippen LogP contribution in [-0.4, -0.2) is 38.2 Å². The Morgan fingerprint density at radius 2 is 0.466 bits per heavy atom. The third kappa shape index (κ3) is 10.9. The van der Waals surface area contributed by atoms with Gasteiger partial charge in [0.25, 0.3) is 0 Å². The molecule has 0 aliphatic heterocycles. The van der Waals surface area contributed by atoms with Crippen LogP contribution >= 0.6 is 0 Å². The van der Waals surface area contributed by atoms with E-state index in [1.165, 1.54) is 126 Å². The molecule has 24 aromatic rings. The van der Waals surface area contributed by atoms with E-state index < -0.39 is 0 Å². The first-order chi connectivity index (χ1) is 57.5. The summed E-state index contributed by atoms with van der Waals surface area (Å²) in [5.41, 5.74) is 26.7. The van der Waals surface area contributed by atoms with Crippen LogP contribution in [0.3, 0.4) is 0 Å². The Balaban J connectivity index is 0.000000137. The van der Waals surface area contributed by atoms with Crippen molar-refractivity contribution in [2.24, 2.45) is 0 Å². The third-order valence-electron chi connectivity index (χ3n) is 23.4. The van der Waals surface area contributed by atoms with Crippen LogP contribution in [0, 0.1) is 0 Å². The number of benzene rings is 18. The number of aromatic nitrogens is 8. The number of hydrogen-bond donors (Lipinski definition) is 0. The third-order valence-corrected chi connectivity index (χ3v) is 23.4. The molecule has 0 spiro atoms. The topological polar surface area (TPSA) is 71.3 Å². The Morgan fingerprint density at radius 3 is 0.940 bits per heavy atom. The van der Waals surface area contributed by atoms with Crippen molar-refractivity contribution in [1.29, 1.82) is 0 Å². The lowest BCUT2D eigenvalue weighted by atomic mass is 9.97. The molecule has 6 heterocycles. The summed E-state index contributed by atoms with van der Waals surface area (Å²) in [6, 6.07) is 148. The average molecular weight is 1480 g/mol. The number of para-hydroxylation sites is 8. The van der Waals surface area contributed by atoms with Crippen molar-refractivity contribution in [2.75, 3.05) is 0 Å². The van der Waals surface area contributed by atoms with Gasteiger partial charge in [0, 0.05) is 76.4 Å². The number of nitrogens with zero attached hydrogens (tertiary/aromatic N) is 8. The van der Waals surface area contributed by atoms with E-state index in [1.54, 1.807) is 0 Å². The van der Waals surface area contributed by atoms with Crippen molar-refractivity contribution >= 4 is 131 Å². The molecule has 540 valence electrons. The van der Waals surface area contributed by atoms with Gasteiger partial charge in [-0.2, -0.15) is 0 Å². The maximum absolute atomic E-state index is 5.40. The van der Waals surface area contributed by atoms with Crippen LogP contribution in [0.1, 0.15) is 0 Å². The molecule has 0 bridgehead atoms. The molecule has 0 atom stereocenters. The van der Waals surface area contributed by atoms with Crippen LogP contribution in [0.2, 0.25) is 0 Å².